The van der Waals surface area contributed by atoms with Crippen LogP contribution in [-0.2, 0) is 25.5 Å². The maximum absolute atomic E-state index is 13.4. The minimum absolute atomic E-state index is 0.0600. The molecule has 0 aliphatic carbocycles. The molecule has 0 fully saturated rings. The normalized spacial score (nSPS) is 11.7. The summed E-state index contributed by atoms with van der Waals surface area (Å²) in [6, 6.07) is 11.7. The number of nitrogens with zero attached hydrogens (tertiary/aromatic N) is 1. The molecule has 0 aliphatic rings. The van der Waals surface area contributed by atoms with Gasteiger partial charge < -0.3 is 9.47 Å². The van der Waals surface area contributed by atoms with Gasteiger partial charge in [0.1, 0.15) is 5.82 Å². The number of benzene rings is 2. The van der Waals surface area contributed by atoms with Crippen molar-refractivity contribution < 1.29 is 28.4 Å². The Kier molecular flexibility index (Phi) is 6.59. The van der Waals surface area contributed by atoms with Crippen LogP contribution in [0.5, 0.6) is 0 Å². The van der Waals surface area contributed by atoms with Gasteiger partial charge >= 0.3 is 11.9 Å². The lowest BCUT2D eigenvalue weighted by Crippen LogP contribution is -2.33. The van der Waals surface area contributed by atoms with Crippen LogP contribution in [0.15, 0.2) is 48.5 Å². The Bertz CT molecular complexity index is 823. The lowest BCUT2D eigenvalue weighted by Gasteiger charge is -2.24. The number of hydrogen-bond donors (Lipinski definition) is 0. The van der Waals surface area contributed by atoms with Crippen LogP contribution >= 0.6 is 0 Å². The van der Waals surface area contributed by atoms with E-state index >= 15 is 0 Å². The molecule has 2 aromatic carbocycles. The van der Waals surface area contributed by atoms with Crippen molar-refractivity contribution in [3.8, 4) is 0 Å². The molecule has 0 bridgehead atoms. The summed E-state index contributed by atoms with van der Waals surface area (Å²) in [5.41, 5.74) is 0.356. The average Bonchev–Trinajstić information content (AvgIpc) is 2.68. The molecule has 0 heterocycles. The van der Waals surface area contributed by atoms with Gasteiger partial charge in [-0.15, -0.1) is 0 Å². The monoisotopic (exact) mass is 375 g/mol. The van der Waals surface area contributed by atoms with Gasteiger partial charge in [0.25, 0.3) is 5.69 Å². The SMILES string of the molecule is COC(=O)C(C(=O)OC)C(Cc1ccc(F)cc1[N+](=O)[O-])c1ccccc1. The smallest absolute Gasteiger partial charge is 0.320 e. The number of ether oxygens (including phenoxy) is 2. The number of methoxy groups -OCH3 is 2. The molecule has 0 saturated heterocycles. The molecule has 0 aliphatic heterocycles. The van der Waals surface area contributed by atoms with Gasteiger partial charge in [-0.05, 0) is 24.1 Å². The number of halogens is 1. The van der Waals surface area contributed by atoms with Gasteiger partial charge in [0.15, 0.2) is 5.92 Å². The fourth-order valence-electron chi connectivity index (χ4n) is 2.92. The quantitative estimate of drug-likeness (QED) is 0.319. The van der Waals surface area contributed by atoms with Gasteiger partial charge in [0.2, 0.25) is 0 Å². The first-order valence-corrected chi connectivity index (χ1v) is 8.02. The van der Waals surface area contributed by atoms with Crippen LogP contribution in [0, 0.1) is 21.8 Å². The van der Waals surface area contributed by atoms with Crippen LogP contribution in [0.2, 0.25) is 0 Å². The fourth-order valence-corrected chi connectivity index (χ4v) is 2.92. The Labute approximate surface area is 154 Å². The van der Waals surface area contributed by atoms with Gasteiger partial charge in [-0.1, -0.05) is 30.3 Å². The molecular formula is C19H18FNO6. The second-order valence-corrected chi connectivity index (χ2v) is 5.78. The predicted octanol–water partition coefficient (Wildman–Crippen LogP) is 3.02. The molecule has 0 spiro atoms. The van der Waals surface area contributed by atoms with E-state index in [1.54, 1.807) is 30.3 Å². The Morgan fingerprint density at radius 2 is 1.67 bits per heavy atom. The molecule has 0 amide bonds. The predicted molar refractivity (Wildman–Crippen MR) is 93.5 cm³/mol. The molecular weight excluding hydrogens is 357 g/mol. The van der Waals surface area contributed by atoms with Crippen LogP contribution in [0.25, 0.3) is 0 Å². The molecule has 142 valence electrons. The van der Waals surface area contributed by atoms with Crippen LogP contribution in [0.3, 0.4) is 0 Å². The molecule has 0 saturated carbocycles. The van der Waals surface area contributed by atoms with Crippen LogP contribution in [0.4, 0.5) is 10.1 Å². The molecule has 2 rings (SSSR count). The Morgan fingerprint density at radius 3 is 2.19 bits per heavy atom. The van der Waals surface area contributed by atoms with Crippen molar-refractivity contribution in [2.75, 3.05) is 14.2 Å². The number of hydrogen-bond acceptors (Lipinski definition) is 6. The summed E-state index contributed by atoms with van der Waals surface area (Å²) < 4.78 is 22.9. The van der Waals surface area contributed by atoms with Gasteiger partial charge in [0.05, 0.1) is 25.2 Å². The summed E-state index contributed by atoms with van der Waals surface area (Å²) in [5, 5.41) is 11.3. The summed E-state index contributed by atoms with van der Waals surface area (Å²) in [6.07, 6.45) is -0.0600. The average molecular weight is 375 g/mol. The van der Waals surface area contributed by atoms with E-state index in [9.17, 15) is 24.1 Å². The molecule has 0 N–H and O–H groups in total. The van der Waals surface area contributed by atoms with Crippen molar-refractivity contribution in [1.82, 2.24) is 0 Å². The molecule has 0 aromatic heterocycles. The number of carbonyl (C=O) groups is 2. The maximum atomic E-state index is 13.4. The highest BCUT2D eigenvalue weighted by Gasteiger charge is 2.38. The minimum Gasteiger partial charge on any atom is -0.468 e. The van der Waals surface area contributed by atoms with E-state index in [1.807, 2.05) is 0 Å². The summed E-state index contributed by atoms with van der Waals surface area (Å²) in [4.78, 5) is 35.1. The number of nitro benzene ring substituents is 1. The number of esters is 2. The van der Waals surface area contributed by atoms with Gasteiger partial charge in [-0.25, -0.2) is 4.39 Å². The number of rotatable bonds is 7. The molecule has 1 unspecified atom stereocenters. The van der Waals surface area contributed by atoms with E-state index in [4.69, 9.17) is 9.47 Å². The zero-order valence-corrected chi connectivity index (χ0v) is 14.8. The summed E-state index contributed by atoms with van der Waals surface area (Å²) in [6.45, 7) is 0. The third-order valence-corrected chi connectivity index (χ3v) is 4.22. The van der Waals surface area contributed by atoms with Crippen molar-refractivity contribution in [1.29, 1.82) is 0 Å². The zero-order chi connectivity index (χ0) is 20.0. The van der Waals surface area contributed by atoms with Crippen molar-refractivity contribution in [2.24, 2.45) is 5.92 Å². The lowest BCUT2D eigenvalue weighted by molar-refractivity contribution is -0.385. The van der Waals surface area contributed by atoms with E-state index < -0.39 is 40.2 Å². The molecule has 8 heteroatoms. The van der Waals surface area contributed by atoms with E-state index in [1.165, 1.54) is 6.07 Å². The molecule has 1 atom stereocenters. The van der Waals surface area contributed by atoms with Gasteiger partial charge in [-0.2, -0.15) is 0 Å². The van der Waals surface area contributed by atoms with Gasteiger partial charge in [0, 0.05) is 11.5 Å². The third-order valence-electron chi connectivity index (χ3n) is 4.22. The third kappa shape index (κ3) is 4.66. The number of nitro groups is 1. The first-order valence-electron chi connectivity index (χ1n) is 8.02. The van der Waals surface area contributed by atoms with Crippen molar-refractivity contribution in [3.63, 3.8) is 0 Å². The highest BCUT2D eigenvalue weighted by atomic mass is 19.1. The maximum Gasteiger partial charge on any atom is 0.320 e. The van der Waals surface area contributed by atoms with E-state index in [0.717, 1.165) is 26.4 Å². The van der Waals surface area contributed by atoms with Crippen LogP contribution < -0.4 is 0 Å². The Morgan fingerprint density at radius 1 is 1.07 bits per heavy atom. The van der Waals surface area contributed by atoms with Gasteiger partial charge in [-0.3, -0.25) is 19.7 Å². The molecule has 0 radical (unpaired) electrons. The topological polar surface area (TPSA) is 95.7 Å². The molecule has 7 nitrogen and oxygen atoms in total. The second-order valence-electron chi connectivity index (χ2n) is 5.78. The highest BCUT2D eigenvalue weighted by molar-refractivity contribution is 5.96. The zero-order valence-electron chi connectivity index (χ0n) is 14.8. The fraction of sp³-hybridized carbons (Fsp3) is 0.263. The highest BCUT2D eigenvalue weighted by Crippen LogP contribution is 2.33. The van der Waals surface area contributed by atoms with E-state index in [2.05, 4.69) is 0 Å². The first kappa shape index (κ1) is 20.0. The number of carbonyl (C=O) groups excluding carboxylic acids is 2. The largest absolute Gasteiger partial charge is 0.468 e. The Balaban J connectivity index is 2.56. The van der Waals surface area contributed by atoms with E-state index in [-0.39, 0.29) is 12.0 Å². The van der Waals surface area contributed by atoms with Crippen molar-refractivity contribution in [3.05, 3.63) is 75.6 Å². The van der Waals surface area contributed by atoms with Crippen LogP contribution in [0.1, 0.15) is 17.0 Å². The first-order chi connectivity index (χ1) is 12.9. The Hall–Kier alpha value is -3.29. The summed E-state index contributed by atoms with van der Waals surface area (Å²) in [5.74, 6) is -4.51. The van der Waals surface area contributed by atoms with Crippen molar-refractivity contribution in [2.45, 2.75) is 12.3 Å². The lowest BCUT2D eigenvalue weighted by atomic mass is 9.81. The minimum atomic E-state index is -1.33. The van der Waals surface area contributed by atoms with Crippen molar-refractivity contribution >= 4 is 17.6 Å². The summed E-state index contributed by atoms with van der Waals surface area (Å²) >= 11 is 0. The van der Waals surface area contributed by atoms with Crippen LogP contribution in [-0.4, -0.2) is 31.1 Å². The summed E-state index contributed by atoms with van der Waals surface area (Å²) in [7, 11) is 2.28. The second kappa shape index (κ2) is 8.88. The van der Waals surface area contributed by atoms with E-state index in [0.29, 0.717) is 5.56 Å². The standard InChI is InChI=1S/C19H18FNO6/c1-26-18(22)17(19(23)27-2)15(12-6-4-3-5-7-12)10-13-8-9-14(20)11-16(13)21(24)25/h3-9,11,15,17H,10H2,1-2H3. The molecule has 2 aromatic rings. The molecule has 27 heavy (non-hydrogen) atoms.